The Morgan fingerprint density at radius 1 is 1.20 bits per heavy atom. The normalized spacial score (nSPS) is 9.75. The van der Waals surface area contributed by atoms with Gasteiger partial charge in [-0.05, 0) is 51.3 Å². The number of aromatic nitrogens is 1. The number of pyridine rings is 1. The van der Waals surface area contributed by atoms with Crippen molar-refractivity contribution in [2.75, 3.05) is 27.2 Å². The molecule has 112 valence electrons. The molecule has 1 rings (SSSR count). The molecule has 0 fully saturated rings. The number of carboxylic acids is 2. The number of nitrogens with one attached hydrogen (secondary N) is 1. The second kappa shape index (κ2) is 10.9. The smallest absolute Gasteiger partial charge is 0.414 e. The molecule has 0 saturated carbocycles. The van der Waals surface area contributed by atoms with Crippen molar-refractivity contribution in [2.24, 2.45) is 0 Å². The Bertz CT molecular complexity index is 384. The van der Waals surface area contributed by atoms with Crippen molar-refractivity contribution >= 4 is 11.9 Å². The van der Waals surface area contributed by atoms with Gasteiger partial charge in [-0.25, -0.2) is 9.59 Å². The van der Waals surface area contributed by atoms with Crippen LogP contribution in [0.2, 0.25) is 0 Å². The van der Waals surface area contributed by atoms with Crippen molar-refractivity contribution in [2.45, 2.75) is 13.0 Å². The zero-order valence-corrected chi connectivity index (χ0v) is 11.7. The van der Waals surface area contributed by atoms with Crippen LogP contribution < -0.4 is 5.32 Å². The quantitative estimate of drug-likeness (QED) is 0.509. The van der Waals surface area contributed by atoms with E-state index in [9.17, 15) is 0 Å². The third-order valence-corrected chi connectivity index (χ3v) is 2.22. The third kappa shape index (κ3) is 11.1. The number of carbonyl (C=O) groups is 2. The van der Waals surface area contributed by atoms with Crippen LogP contribution in [0.3, 0.4) is 0 Å². The summed E-state index contributed by atoms with van der Waals surface area (Å²) in [5.74, 6) is -3.65. The molecule has 0 atom stereocenters. The van der Waals surface area contributed by atoms with Crippen LogP contribution in [-0.2, 0) is 16.1 Å². The van der Waals surface area contributed by atoms with E-state index in [1.807, 2.05) is 24.5 Å². The van der Waals surface area contributed by atoms with E-state index in [1.165, 1.54) is 12.0 Å². The molecular weight excluding hydrogens is 262 g/mol. The van der Waals surface area contributed by atoms with Gasteiger partial charge in [0.2, 0.25) is 0 Å². The predicted molar refractivity (Wildman–Crippen MR) is 74.4 cm³/mol. The van der Waals surface area contributed by atoms with Crippen LogP contribution in [0.25, 0.3) is 0 Å². The summed E-state index contributed by atoms with van der Waals surface area (Å²) in [7, 11) is 4.20. The van der Waals surface area contributed by atoms with Crippen molar-refractivity contribution in [3.05, 3.63) is 30.1 Å². The molecule has 0 aliphatic carbocycles. The fourth-order valence-corrected chi connectivity index (χ4v) is 1.25. The molecule has 0 aliphatic heterocycles. The van der Waals surface area contributed by atoms with Gasteiger partial charge in [0, 0.05) is 18.9 Å². The minimum absolute atomic E-state index is 0.940. The van der Waals surface area contributed by atoms with Gasteiger partial charge in [0.05, 0.1) is 0 Å². The summed E-state index contributed by atoms with van der Waals surface area (Å²) in [6.07, 6.45) is 4.85. The molecule has 1 aromatic rings. The maximum Gasteiger partial charge on any atom is 0.414 e. The van der Waals surface area contributed by atoms with E-state index >= 15 is 0 Å². The molecule has 0 saturated heterocycles. The fraction of sp³-hybridized carbons (Fsp3) is 0.462. The highest BCUT2D eigenvalue weighted by Crippen LogP contribution is 1.94. The van der Waals surface area contributed by atoms with Crippen LogP contribution in [0.15, 0.2) is 24.5 Å². The summed E-state index contributed by atoms with van der Waals surface area (Å²) in [5, 5.41) is 18.2. The molecule has 1 aromatic heterocycles. The van der Waals surface area contributed by atoms with Crippen LogP contribution in [0.5, 0.6) is 0 Å². The summed E-state index contributed by atoms with van der Waals surface area (Å²) < 4.78 is 0. The maximum atomic E-state index is 9.10. The molecular formula is C13H21N3O4. The lowest BCUT2D eigenvalue weighted by Crippen LogP contribution is -2.20. The number of carboxylic acid groups (broad SMARTS) is 2. The van der Waals surface area contributed by atoms with Crippen LogP contribution >= 0.6 is 0 Å². The lowest BCUT2D eigenvalue weighted by molar-refractivity contribution is -0.159. The average molecular weight is 283 g/mol. The Hall–Kier alpha value is -1.99. The van der Waals surface area contributed by atoms with Gasteiger partial charge < -0.3 is 20.4 Å². The van der Waals surface area contributed by atoms with Crippen molar-refractivity contribution < 1.29 is 19.8 Å². The molecule has 0 bridgehead atoms. The van der Waals surface area contributed by atoms with E-state index in [0.717, 1.165) is 19.6 Å². The molecule has 0 radical (unpaired) electrons. The lowest BCUT2D eigenvalue weighted by Gasteiger charge is -2.09. The summed E-state index contributed by atoms with van der Waals surface area (Å²) in [6, 6.07) is 4.08. The molecule has 1 heterocycles. The minimum atomic E-state index is -1.82. The standard InChI is InChI=1S/C11H19N3.C2H2O4/c1-14(2)9-3-6-13-10-11-4-7-12-8-5-11;3-1(4)2(5)6/h4-5,7-8,13H,3,6,9-10H2,1-2H3;(H,3,4)(H,5,6). The molecule has 7 heteroatoms. The molecule has 20 heavy (non-hydrogen) atoms. The largest absolute Gasteiger partial charge is 0.473 e. The Morgan fingerprint density at radius 3 is 2.20 bits per heavy atom. The minimum Gasteiger partial charge on any atom is -0.473 e. The number of hydrogen-bond donors (Lipinski definition) is 3. The van der Waals surface area contributed by atoms with Gasteiger partial charge in [0.15, 0.2) is 0 Å². The monoisotopic (exact) mass is 283 g/mol. The maximum absolute atomic E-state index is 9.10. The van der Waals surface area contributed by atoms with E-state index in [-0.39, 0.29) is 0 Å². The van der Waals surface area contributed by atoms with Gasteiger partial charge >= 0.3 is 11.9 Å². The molecule has 0 aliphatic rings. The van der Waals surface area contributed by atoms with Crippen LogP contribution in [0.1, 0.15) is 12.0 Å². The Kier molecular flexibility index (Phi) is 9.81. The first kappa shape index (κ1) is 18.0. The van der Waals surface area contributed by atoms with Crippen molar-refractivity contribution in [1.82, 2.24) is 15.2 Å². The van der Waals surface area contributed by atoms with Crippen molar-refractivity contribution in [3.63, 3.8) is 0 Å². The van der Waals surface area contributed by atoms with Gasteiger partial charge in [-0.2, -0.15) is 0 Å². The average Bonchev–Trinajstić information content (AvgIpc) is 2.40. The van der Waals surface area contributed by atoms with Gasteiger partial charge in [0.1, 0.15) is 0 Å². The molecule has 0 unspecified atom stereocenters. The first-order valence-electron chi connectivity index (χ1n) is 6.14. The first-order valence-corrected chi connectivity index (χ1v) is 6.14. The highest BCUT2D eigenvalue weighted by molar-refractivity contribution is 6.27. The summed E-state index contributed by atoms with van der Waals surface area (Å²) in [5.41, 5.74) is 1.30. The van der Waals surface area contributed by atoms with Gasteiger partial charge in [-0.3, -0.25) is 4.98 Å². The third-order valence-electron chi connectivity index (χ3n) is 2.22. The number of rotatable bonds is 6. The topological polar surface area (TPSA) is 103 Å². The molecule has 0 spiro atoms. The Labute approximate surface area is 118 Å². The van der Waals surface area contributed by atoms with E-state index in [0.29, 0.717) is 0 Å². The van der Waals surface area contributed by atoms with Crippen molar-refractivity contribution in [3.8, 4) is 0 Å². The summed E-state index contributed by atoms with van der Waals surface area (Å²) in [4.78, 5) is 24.4. The second-order valence-corrected chi connectivity index (χ2v) is 4.30. The lowest BCUT2D eigenvalue weighted by atomic mass is 10.2. The number of hydrogen-bond acceptors (Lipinski definition) is 5. The number of aliphatic carboxylic acids is 2. The van der Waals surface area contributed by atoms with Crippen LogP contribution in [-0.4, -0.2) is 59.2 Å². The van der Waals surface area contributed by atoms with Gasteiger partial charge in [-0.1, -0.05) is 0 Å². The first-order chi connectivity index (χ1) is 9.43. The van der Waals surface area contributed by atoms with Crippen molar-refractivity contribution in [1.29, 1.82) is 0 Å². The van der Waals surface area contributed by atoms with Gasteiger partial charge in [0.25, 0.3) is 0 Å². The van der Waals surface area contributed by atoms with E-state index in [2.05, 4.69) is 29.3 Å². The molecule has 0 aromatic carbocycles. The van der Waals surface area contributed by atoms with E-state index < -0.39 is 11.9 Å². The SMILES string of the molecule is CN(C)CCCNCc1ccncc1.O=C(O)C(=O)O. The highest BCUT2D eigenvalue weighted by atomic mass is 16.4. The van der Waals surface area contributed by atoms with Gasteiger partial charge in [-0.15, -0.1) is 0 Å². The van der Waals surface area contributed by atoms with E-state index in [1.54, 1.807) is 0 Å². The summed E-state index contributed by atoms with van der Waals surface area (Å²) >= 11 is 0. The van der Waals surface area contributed by atoms with Crippen LogP contribution in [0.4, 0.5) is 0 Å². The zero-order valence-electron chi connectivity index (χ0n) is 11.7. The fourth-order valence-electron chi connectivity index (χ4n) is 1.25. The predicted octanol–water partition coefficient (Wildman–Crippen LogP) is 0.279. The second-order valence-electron chi connectivity index (χ2n) is 4.30. The summed E-state index contributed by atoms with van der Waals surface area (Å²) in [6.45, 7) is 3.15. The van der Waals surface area contributed by atoms with E-state index in [4.69, 9.17) is 19.8 Å². The Morgan fingerprint density at radius 2 is 1.75 bits per heavy atom. The Balaban J connectivity index is 0.000000511. The number of nitrogens with zero attached hydrogens (tertiary/aromatic N) is 2. The van der Waals surface area contributed by atoms with Crippen LogP contribution in [0, 0.1) is 0 Å². The highest BCUT2D eigenvalue weighted by Gasteiger charge is 2.04. The molecule has 0 amide bonds. The zero-order chi connectivity index (χ0) is 15.4. The molecule has 7 nitrogen and oxygen atoms in total. The molecule has 3 N–H and O–H groups in total.